The average molecular weight is 332 g/mol. The van der Waals surface area contributed by atoms with E-state index in [-0.39, 0.29) is 5.91 Å². The highest BCUT2D eigenvalue weighted by Gasteiger charge is 2.16. The SMILES string of the molecule is CCCC(CCBr)CNC(=O)CC1CCCCCC1. The molecule has 0 aromatic carbocycles. The van der Waals surface area contributed by atoms with Crippen LogP contribution in [0.3, 0.4) is 0 Å². The third kappa shape index (κ3) is 7.96. The third-order valence-corrected chi connectivity index (χ3v) is 4.71. The van der Waals surface area contributed by atoms with E-state index in [1.165, 1.54) is 51.4 Å². The quantitative estimate of drug-likeness (QED) is 0.508. The molecule has 1 amide bonds. The first kappa shape index (κ1) is 17.0. The van der Waals surface area contributed by atoms with Crippen LogP contribution in [-0.4, -0.2) is 17.8 Å². The summed E-state index contributed by atoms with van der Waals surface area (Å²) in [5, 5.41) is 4.20. The maximum absolute atomic E-state index is 12.0. The van der Waals surface area contributed by atoms with E-state index >= 15 is 0 Å². The van der Waals surface area contributed by atoms with Gasteiger partial charge in [-0.1, -0.05) is 55.0 Å². The number of hydrogen-bond acceptors (Lipinski definition) is 1. The molecule has 0 aromatic heterocycles. The van der Waals surface area contributed by atoms with Crippen LogP contribution in [0.1, 0.15) is 71.1 Å². The van der Waals surface area contributed by atoms with E-state index in [1.54, 1.807) is 0 Å². The maximum Gasteiger partial charge on any atom is 0.220 e. The lowest BCUT2D eigenvalue weighted by molar-refractivity contribution is -0.122. The Kier molecular flexibility index (Phi) is 9.58. The van der Waals surface area contributed by atoms with Crippen LogP contribution >= 0.6 is 15.9 Å². The molecule has 0 spiro atoms. The van der Waals surface area contributed by atoms with E-state index in [4.69, 9.17) is 0 Å². The van der Waals surface area contributed by atoms with Gasteiger partial charge in [0.2, 0.25) is 5.91 Å². The van der Waals surface area contributed by atoms with Gasteiger partial charge in [-0.2, -0.15) is 0 Å². The summed E-state index contributed by atoms with van der Waals surface area (Å²) in [5.74, 6) is 1.56. The van der Waals surface area contributed by atoms with Crippen molar-refractivity contribution < 1.29 is 4.79 Å². The van der Waals surface area contributed by atoms with E-state index in [9.17, 15) is 4.79 Å². The van der Waals surface area contributed by atoms with Crippen LogP contribution in [0.4, 0.5) is 0 Å². The smallest absolute Gasteiger partial charge is 0.220 e. The topological polar surface area (TPSA) is 29.1 Å². The summed E-state index contributed by atoms with van der Waals surface area (Å²) in [6.07, 6.45) is 12.2. The fourth-order valence-electron chi connectivity index (χ4n) is 3.07. The average Bonchev–Trinajstić information content (AvgIpc) is 2.65. The Morgan fingerprint density at radius 3 is 2.47 bits per heavy atom. The van der Waals surface area contributed by atoms with Crippen LogP contribution in [0.2, 0.25) is 0 Å². The van der Waals surface area contributed by atoms with Crippen LogP contribution in [0.25, 0.3) is 0 Å². The van der Waals surface area contributed by atoms with Crippen LogP contribution < -0.4 is 5.32 Å². The van der Waals surface area contributed by atoms with Crippen LogP contribution in [0.15, 0.2) is 0 Å². The van der Waals surface area contributed by atoms with Crippen molar-refractivity contribution in [2.75, 3.05) is 11.9 Å². The highest BCUT2D eigenvalue weighted by molar-refractivity contribution is 9.09. The van der Waals surface area contributed by atoms with Crippen LogP contribution in [0.5, 0.6) is 0 Å². The molecule has 112 valence electrons. The summed E-state index contributed by atoms with van der Waals surface area (Å²) in [6, 6.07) is 0. The summed E-state index contributed by atoms with van der Waals surface area (Å²) in [6.45, 7) is 3.08. The Hall–Kier alpha value is -0.0500. The summed E-state index contributed by atoms with van der Waals surface area (Å²) < 4.78 is 0. The van der Waals surface area contributed by atoms with Gasteiger partial charge in [-0.3, -0.25) is 4.79 Å². The number of halogens is 1. The monoisotopic (exact) mass is 331 g/mol. The molecule has 1 unspecified atom stereocenters. The van der Waals surface area contributed by atoms with E-state index in [2.05, 4.69) is 28.2 Å². The molecule has 0 aromatic rings. The molecule has 1 aliphatic rings. The summed E-state index contributed by atoms with van der Waals surface area (Å²) >= 11 is 3.50. The van der Waals surface area contributed by atoms with E-state index in [0.717, 1.165) is 24.7 Å². The number of nitrogens with one attached hydrogen (secondary N) is 1. The van der Waals surface area contributed by atoms with Gasteiger partial charge in [0.05, 0.1) is 0 Å². The van der Waals surface area contributed by atoms with Crippen molar-refractivity contribution in [2.24, 2.45) is 11.8 Å². The molecule has 0 radical (unpaired) electrons. The molecule has 1 rings (SSSR count). The zero-order chi connectivity index (χ0) is 13.9. The molecular formula is C16H30BrNO. The number of hydrogen-bond donors (Lipinski definition) is 1. The van der Waals surface area contributed by atoms with Gasteiger partial charge in [0, 0.05) is 18.3 Å². The Bertz CT molecular complexity index is 231. The molecule has 0 bridgehead atoms. The summed E-state index contributed by atoms with van der Waals surface area (Å²) in [5.41, 5.74) is 0. The maximum atomic E-state index is 12.0. The number of carbonyl (C=O) groups excluding carboxylic acids is 1. The molecule has 0 heterocycles. The van der Waals surface area contributed by atoms with Gasteiger partial charge in [0.25, 0.3) is 0 Å². The molecule has 1 atom stereocenters. The molecule has 0 aliphatic heterocycles. The highest BCUT2D eigenvalue weighted by atomic mass is 79.9. The Morgan fingerprint density at radius 1 is 1.21 bits per heavy atom. The fraction of sp³-hybridized carbons (Fsp3) is 0.938. The summed E-state index contributed by atoms with van der Waals surface area (Å²) in [7, 11) is 0. The van der Waals surface area contributed by atoms with Crippen molar-refractivity contribution in [1.29, 1.82) is 0 Å². The predicted molar refractivity (Wildman–Crippen MR) is 85.6 cm³/mol. The van der Waals surface area contributed by atoms with E-state index in [0.29, 0.717) is 11.8 Å². The first-order valence-corrected chi connectivity index (χ1v) is 9.21. The van der Waals surface area contributed by atoms with Crippen molar-refractivity contribution in [1.82, 2.24) is 5.32 Å². The second-order valence-corrected chi connectivity index (χ2v) is 6.79. The van der Waals surface area contributed by atoms with E-state index < -0.39 is 0 Å². The van der Waals surface area contributed by atoms with Gasteiger partial charge in [-0.15, -0.1) is 0 Å². The van der Waals surface area contributed by atoms with E-state index in [1.807, 2.05) is 0 Å². The number of carbonyl (C=O) groups is 1. The normalized spacial score (nSPS) is 18.8. The first-order valence-electron chi connectivity index (χ1n) is 8.09. The fourth-order valence-corrected chi connectivity index (χ4v) is 3.72. The largest absolute Gasteiger partial charge is 0.356 e. The van der Waals surface area contributed by atoms with Crippen molar-refractivity contribution in [3.63, 3.8) is 0 Å². The second-order valence-electron chi connectivity index (χ2n) is 6.00. The summed E-state index contributed by atoms with van der Waals surface area (Å²) in [4.78, 5) is 12.0. The molecule has 1 N–H and O–H groups in total. The lowest BCUT2D eigenvalue weighted by Crippen LogP contribution is -2.30. The number of alkyl halides is 1. The molecule has 19 heavy (non-hydrogen) atoms. The Balaban J connectivity index is 2.21. The van der Waals surface area contributed by atoms with Crippen LogP contribution in [-0.2, 0) is 4.79 Å². The Morgan fingerprint density at radius 2 is 1.89 bits per heavy atom. The molecule has 0 saturated heterocycles. The lowest BCUT2D eigenvalue weighted by Gasteiger charge is -2.18. The molecule has 3 heteroatoms. The second kappa shape index (κ2) is 10.7. The highest BCUT2D eigenvalue weighted by Crippen LogP contribution is 2.25. The zero-order valence-electron chi connectivity index (χ0n) is 12.4. The van der Waals surface area contributed by atoms with Gasteiger partial charge in [0.15, 0.2) is 0 Å². The minimum Gasteiger partial charge on any atom is -0.356 e. The first-order chi connectivity index (χ1) is 9.26. The number of amides is 1. The van der Waals surface area contributed by atoms with Gasteiger partial charge in [-0.25, -0.2) is 0 Å². The molecule has 1 saturated carbocycles. The van der Waals surface area contributed by atoms with Crippen molar-refractivity contribution in [2.45, 2.75) is 71.1 Å². The van der Waals surface area contributed by atoms with Gasteiger partial charge in [0.1, 0.15) is 0 Å². The lowest BCUT2D eigenvalue weighted by atomic mass is 9.96. The molecule has 2 nitrogen and oxygen atoms in total. The number of rotatable bonds is 8. The zero-order valence-corrected chi connectivity index (χ0v) is 14.0. The molecular weight excluding hydrogens is 302 g/mol. The third-order valence-electron chi connectivity index (χ3n) is 4.25. The standard InChI is InChI=1S/C16H30BrNO/c1-2-7-15(10-11-17)13-18-16(19)12-14-8-5-3-4-6-9-14/h14-15H,2-13H2,1H3,(H,18,19). The van der Waals surface area contributed by atoms with Gasteiger partial charge < -0.3 is 5.32 Å². The Labute approximate surface area is 127 Å². The van der Waals surface area contributed by atoms with Gasteiger partial charge in [-0.05, 0) is 37.5 Å². The molecule has 1 fully saturated rings. The minimum atomic E-state index is 0.280. The predicted octanol–water partition coefficient (Wildman–Crippen LogP) is 4.66. The molecule has 1 aliphatic carbocycles. The van der Waals surface area contributed by atoms with Crippen molar-refractivity contribution in [3.05, 3.63) is 0 Å². The van der Waals surface area contributed by atoms with Crippen LogP contribution in [0, 0.1) is 11.8 Å². The van der Waals surface area contributed by atoms with Crippen molar-refractivity contribution in [3.8, 4) is 0 Å². The minimum absolute atomic E-state index is 0.280. The van der Waals surface area contributed by atoms with Crippen molar-refractivity contribution >= 4 is 21.8 Å². The van der Waals surface area contributed by atoms with Gasteiger partial charge >= 0.3 is 0 Å².